The number of nitrogens with zero attached hydrogens (tertiary/aromatic N) is 6. The average molecular weight is 387 g/mol. The van der Waals surface area contributed by atoms with Gasteiger partial charge < -0.3 is 16.2 Å². The zero-order chi connectivity index (χ0) is 19.6. The van der Waals surface area contributed by atoms with E-state index in [4.69, 9.17) is 22.4 Å². The molecule has 0 aliphatic rings. The van der Waals surface area contributed by atoms with Crippen LogP contribution in [0.3, 0.4) is 0 Å². The molecule has 0 bridgehead atoms. The van der Waals surface area contributed by atoms with Gasteiger partial charge in [-0.25, -0.2) is 19.7 Å². The third-order valence-corrected chi connectivity index (χ3v) is 3.71. The summed E-state index contributed by atoms with van der Waals surface area (Å²) in [5.74, 6) is 1.61. The second kappa shape index (κ2) is 7.38. The van der Waals surface area contributed by atoms with Crippen molar-refractivity contribution in [3.05, 3.63) is 41.4 Å². The van der Waals surface area contributed by atoms with Crippen LogP contribution in [-0.4, -0.2) is 43.2 Å². The third kappa shape index (κ3) is 4.18. The number of rotatable bonds is 4. The Morgan fingerprint density at radius 3 is 2.63 bits per heavy atom. The molecule has 0 aliphatic heterocycles. The summed E-state index contributed by atoms with van der Waals surface area (Å²) < 4.78 is 0. The average Bonchev–Trinajstić information content (AvgIpc) is 2.62. The lowest BCUT2D eigenvalue weighted by atomic mass is 10.2. The number of nitrogens with two attached hydrogens (primary N) is 1. The third-order valence-electron chi connectivity index (χ3n) is 3.50. The van der Waals surface area contributed by atoms with Crippen molar-refractivity contribution in [3.63, 3.8) is 0 Å². The van der Waals surface area contributed by atoms with Crippen molar-refractivity contribution in [1.82, 2.24) is 24.9 Å². The second-order valence-corrected chi connectivity index (χ2v) is 5.92. The van der Waals surface area contributed by atoms with Crippen LogP contribution in [0.4, 0.5) is 28.1 Å². The van der Waals surface area contributed by atoms with Crippen molar-refractivity contribution in [2.75, 3.05) is 23.0 Å². The summed E-state index contributed by atoms with van der Waals surface area (Å²) >= 11 is 6.07. The van der Waals surface area contributed by atoms with Crippen molar-refractivity contribution in [2.24, 2.45) is 0 Å². The highest BCUT2D eigenvalue weighted by Gasteiger charge is 2.14. The number of halogens is 1. The molecule has 4 N–H and O–H groups in total. The predicted molar refractivity (Wildman–Crippen MR) is 101 cm³/mol. The van der Waals surface area contributed by atoms with Gasteiger partial charge in [0.2, 0.25) is 5.95 Å². The lowest BCUT2D eigenvalue weighted by Gasteiger charge is -2.14. The zero-order valence-corrected chi connectivity index (χ0v) is 15.1. The number of nitrogen functional groups attached to an aromatic ring is 1. The molecular formula is C16H15ClN8O2. The van der Waals surface area contributed by atoms with Crippen LogP contribution in [0.25, 0.3) is 11.4 Å². The van der Waals surface area contributed by atoms with Crippen LogP contribution < -0.4 is 16.0 Å². The SMILES string of the molecule is Cc1nc(N)nc(-c2cc(Cl)cnc2Nc2ccc(N(C)C(=O)O)nc2)n1. The Morgan fingerprint density at radius 2 is 2.00 bits per heavy atom. The van der Waals surface area contributed by atoms with E-state index in [1.54, 1.807) is 25.1 Å². The molecule has 0 atom stereocenters. The zero-order valence-electron chi connectivity index (χ0n) is 14.4. The fourth-order valence-electron chi connectivity index (χ4n) is 2.23. The lowest BCUT2D eigenvalue weighted by molar-refractivity contribution is 0.203. The van der Waals surface area contributed by atoms with E-state index in [-0.39, 0.29) is 5.95 Å². The maximum atomic E-state index is 11.0. The number of carboxylic acid groups (broad SMARTS) is 1. The van der Waals surface area contributed by atoms with Crippen molar-refractivity contribution in [1.29, 1.82) is 0 Å². The standard InChI is InChI=1S/C16H15ClN8O2/c1-8-21-14(24-15(18)22-8)11-5-9(17)6-20-13(11)23-10-3-4-12(19-7-10)25(2)16(26)27/h3-7H,1-2H3,(H,20,23)(H,26,27)(H2,18,21,22,24). The Morgan fingerprint density at radius 1 is 1.22 bits per heavy atom. The van der Waals surface area contributed by atoms with Crippen molar-refractivity contribution >= 4 is 41.0 Å². The van der Waals surface area contributed by atoms with Gasteiger partial charge in [0.15, 0.2) is 5.82 Å². The number of hydrogen-bond donors (Lipinski definition) is 3. The second-order valence-electron chi connectivity index (χ2n) is 5.49. The summed E-state index contributed by atoms with van der Waals surface area (Å²) in [7, 11) is 1.41. The molecule has 1 amide bonds. The van der Waals surface area contributed by atoms with Crippen LogP contribution >= 0.6 is 11.6 Å². The summed E-state index contributed by atoms with van der Waals surface area (Å²) in [5, 5.41) is 12.5. The maximum absolute atomic E-state index is 11.0. The van der Waals surface area contributed by atoms with Crippen LogP contribution in [0.1, 0.15) is 5.82 Å². The molecule has 3 aromatic heterocycles. The van der Waals surface area contributed by atoms with Crippen molar-refractivity contribution in [3.8, 4) is 11.4 Å². The van der Waals surface area contributed by atoms with Gasteiger partial charge in [-0.2, -0.15) is 9.97 Å². The lowest BCUT2D eigenvalue weighted by Crippen LogP contribution is -2.24. The molecular weight excluding hydrogens is 372 g/mol. The highest BCUT2D eigenvalue weighted by atomic mass is 35.5. The van der Waals surface area contributed by atoms with E-state index in [0.717, 1.165) is 4.90 Å². The first kappa shape index (κ1) is 18.3. The van der Waals surface area contributed by atoms with E-state index in [0.29, 0.717) is 39.6 Å². The van der Waals surface area contributed by atoms with Gasteiger partial charge in [-0.3, -0.25) is 4.90 Å². The molecule has 138 valence electrons. The van der Waals surface area contributed by atoms with Crippen LogP contribution in [0, 0.1) is 6.92 Å². The number of nitrogens with one attached hydrogen (secondary N) is 1. The molecule has 3 rings (SSSR count). The van der Waals surface area contributed by atoms with Crippen LogP contribution in [-0.2, 0) is 0 Å². The predicted octanol–water partition coefficient (Wildman–Crippen LogP) is 2.73. The summed E-state index contributed by atoms with van der Waals surface area (Å²) in [4.78, 5) is 32.7. The molecule has 3 aromatic rings. The highest BCUT2D eigenvalue weighted by Crippen LogP contribution is 2.29. The van der Waals surface area contributed by atoms with Crippen molar-refractivity contribution < 1.29 is 9.90 Å². The monoisotopic (exact) mass is 386 g/mol. The molecule has 0 aromatic carbocycles. The normalized spacial score (nSPS) is 10.5. The van der Waals surface area contributed by atoms with Gasteiger partial charge >= 0.3 is 6.09 Å². The largest absolute Gasteiger partial charge is 0.465 e. The highest BCUT2D eigenvalue weighted by molar-refractivity contribution is 6.30. The van der Waals surface area contributed by atoms with E-state index in [1.807, 2.05) is 0 Å². The number of amides is 1. The Hall–Kier alpha value is -3.53. The van der Waals surface area contributed by atoms with Crippen LogP contribution in [0.15, 0.2) is 30.6 Å². The molecule has 11 heteroatoms. The van der Waals surface area contributed by atoms with Crippen LogP contribution in [0.5, 0.6) is 0 Å². The number of pyridine rings is 2. The Kier molecular flexibility index (Phi) is 4.99. The van der Waals surface area contributed by atoms with Gasteiger partial charge in [0, 0.05) is 13.2 Å². The molecule has 0 aliphatic carbocycles. The first-order valence-electron chi connectivity index (χ1n) is 7.67. The summed E-state index contributed by atoms with van der Waals surface area (Å²) in [6.07, 6.45) is 1.86. The molecule has 0 saturated heterocycles. The quantitative estimate of drug-likeness (QED) is 0.616. The first-order chi connectivity index (χ1) is 12.8. The fraction of sp³-hybridized carbons (Fsp3) is 0.125. The molecule has 0 spiro atoms. The minimum absolute atomic E-state index is 0.0890. The summed E-state index contributed by atoms with van der Waals surface area (Å²) in [6, 6.07) is 4.90. The molecule has 0 fully saturated rings. The molecule has 0 unspecified atom stereocenters. The minimum atomic E-state index is -1.10. The number of anilines is 4. The smallest absolute Gasteiger partial charge is 0.412 e. The number of hydrogen-bond acceptors (Lipinski definition) is 8. The van der Waals surface area contributed by atoms with Crippen LogP contribution in [0.2, 0.25) is 5.02 Å². The van der Waals surface area contributed by atoms with Gasteiger partial charge in [0.25, 0.3) is 0 Å². The Balaban J connectivity index is 1.95. The topological polar surface area (TPSA) is 143 Å². The van der Waals surface area contributed by atoms with Gasteiger partial charge in [0.05, 0.1) is 22.5 Å². The number of carbonyl (C=O) groups is 1. The van der Waals surface area contributed by atoms with Gasteiger partial charge in [-0.1, -0.05) is 11.6 Å². The maximum Gasteiger partial charge on any atom is 0.412 e. The van der Waals surface area contributed by atoms with E-state index in [2.05, 4.69) is 30.2 Å². The molecule has 10 nitrogen and oxygen atoms in total. The van der Waals surface area contributed by atoms with Crippen molar-refractivity contribution in [2.45, 2.75) is 6.92 Å². The summed E-state index contributed by atoms with van der Waals surface area (Å²) in [6.45, 7) is 1.70. The Labute approximate surface area is 159 Å². The molecule has 0 saturated carbocycles. The molecule has 3 heterocycles. The number of aryl methyl sites for hydroxylation is 1. The van der Waals surface area contributed by atoms with Gasteiger partial charge in [-0.15, -0.1) is 0 Å². The minimum Gasteiger partial charge on any atom is -0.465 e. The van der Waals surface area contributed by atoms with Gasteiger partial charge in [-0.05, 0) is 25.1 Å². The van der Waals surface area contributed by atoms with Gasteiger partial charge in [0.1, 0.15) is 17.5 Å². The fourth-order valence-corrected chi connectivity index (χ4v) is 2.38. The molecule has 27 heavy (non-hydrogen) atoms. The Bertz CT molecular complexity index is 976. The van der Waals surface area contributed by atoms with E-state index in [9.17, 15) is 4.79 Å². The van der Waals surface area contributed by atoms with E-state index >= 15 is 0 Å². The van der Waals surface area contributed by atoms with E-state index < -0.39 is 6.09 Å². The molecule has 0 radical (unpaired) electrons. The first-order valence-corrected chi connectivity index (χ1v) is 8.05. The number of aromatic nitrogens is 5. The van der Waals surface area contributed by atoms with E-state index in [1.165, 1.54) is 19.4 Å². The summed E-state index contributed by atoms with van der Waals surface area (Å²) in [5.41, 5.74) is 6.83.